The van der Waals surface area contributed by atoms with Gasteiger partial charge in [0.25, 0.3) is 0 Å². The number of hydrogen-bond acceptors (Lipinski definition) is 3. The lowest BCUT2D eigenvalue weighted by Gasteiger charge is -2.18. The highest BCUT2D eigenvalue weighted by atomic mass is 16.2. The Labute approximate surface area is 61.0 Å². The monoisotopic (exact) mass is 142 g/mol. The molecule has 0 aromatic carbocycles. The van der Waals surface area contributed by atoms with E-state index in [-0.39, 0.29) is 0 Å². The highest BCUT2D eigenvalue weighted by molar-refractivity contribution is 4.82. The van der Waals surface area contributed by atoms with Crippen molar-refractivity contribution >= 4 is 0 Å². The third kappa shape index (κ3) is 1.53. The summed E-state index contributed by atoms with van der Waals surface area (Å²) in [6.07, 6.45) is 4.52. The zero-order valence-electron chi connectivity index (χ0n) is 6.10. The molecule has 2 atom stereocenters. The molecule has 58 valence electrons. The van der Waals surface area contributed by atoms with Crippen molar-refractivity contribution in [3.63, 3.8) is 0 Å². The second-order valence-corrected chi connectivity index (χ2v) is 3.20. The van der Waals surface area contributed by atoms with Gasteiger partial charge < -0.3 is 5.32 Å². The van der Waals surface area contributed by atoms with Gasteiger partial charge in [-0.25, -0.2) is 0 Å². The molecule has 2 aliphatic rings. The average molecular weight is 142 g/mol. The van der Waals surface area contributed by atoms with Gasteiger partial charge >= 0.3 is 0 Å². The van der Waals surface area contributed by atoms with Crippen molar-refractivity contribution in [3.8, 4) is 0 Å². The Kier molecular flexibility index (Phi) is 2.81. The van der Waals surface area contributed by atoms with Crippen LogP contribution in [0.1, 0.15) is 19.3 Å². The fourth-order valence-electron chi connectivity index (χ4n) is 2.04. The summed E-state index contributed by atoms with van der Waals surface area (Å²) >= 11 is 0. The minimum atomic E-state index is 1.05. The van der Waals surface area contributed by atoms with Crippen LogP contribution < -0.4 is 5.32 Å². The molecule has 2 bridgehead atoms. The summed E-state index contributed by atoms with van der Waals surface area (Å²) in [5.41, 5.74) is 4.50. The maximum atomic E-state index is 7.50. The SMILES string of the molecule is C1CC2CNCC1C2.N=O. The summed E-state index contributed by atoms with van der Waals surface area (Å²) in [4.78, 5) is 7.50. The van der Waals surface area contributed by atoms with Gasteiger partial charge in [-0.1, -0.05) is 5.59 Å². The first-order chi connectivity index (χ1) is 4.95. The Morgan fingerprint density at radius 3 is 2.00 bits per heavy atom. The Hall–Kier alpha value is -0.440. The maximum absolute atomic E-state index is 7.50. The van der Waals surface area contributed by atoms with Crippen LogP contribution in [0, 0.1) is 22.3 Å². The first kappa shape index (κ1) is 7.66. The van der Waals surface area contributed by atoms with E-state index in [1.807, 2.05) is 0 Å². The van der Waals surface area contributed by atoms with E-state index in [2.05, 4.69) is 10.9 Å². The predicted molar refractivity (Wildman–Crippen MR) is 39.8 cm³/mol. The number of hydrogen-bond donors (Lipinski definition) is 2. The van der Waals surface area contributed by atoms with Gasteiger partial charge in [0.15, 0.2) is 0 Å². The first-order valence-electron chi connectivity index (χ1n) is 3.86. The van der Waals surface area contributed by atoms with Gasteiger partial charge in [-0.2, -0.15) is 4.91 Å². The van der Waals surface area contributed by atoms with E-state index in [4.69, 9.17) is 4.91 Å². The molecule has 1 aliphatic heterocycles. The fourth-order valence-corrected chi connectivity index (χ4v) is 2.04. The van der Waals surface area contributed by atoms with E-state index >= 15 is 0 Å². The molecule has 1 aliphatic carbocycles. The van der Waals surface area contributed by atoms with Crippen molar-refractivity contribution in [2.45, 2.75) is 19.3 Å². The van der Waals surface area contributed by atoms with Crippen LogP contribution in [0.5, 0.6) is 0 Å². The van der Waals surface area contributed by atoms with E-state index in [1.165, 1.54) is 32.4 Å². The first-order valence-corrected chi connectivity index (χ1v) is 3.86. The number of nitroso groups, excluding NO2 is 1. The second kappa shape index (κ2) is 3.66. The average Bonchev–Trinajstić information content (AvgIpc) is 2.35. The molecule has 3 heteroatoms. The molecule has 2 unspecified atom stereocenters. The number of fused-ring (bicyclic) bond motifs is 2. The van der Waals surface area contributed by atoms with Gasteiger partial charge in [-0.15, -0.1) is 0 Å². The molecule has 2 N–H and O–H groups in total. The predicted octanol–water partition coefficient (Wildman–Crippen LogP) is 1.34. The molecule has 0 spiro atoms. The van der Waals surface area contributed by atoms with Gasteiger partial charge in [0.05, 0.1) is 0 Å². The van der Waals surface area contributed by atoms with Crippen LogP contribution in [0.15, 0.2) is 0 Å². The topological polar surface area (TPSA) is 53.0 Å². The molecule has 2 fully saturated rings. The van der Waals surface area contributed by atoms with Crippen molar-refractivity contribution in [2.24, 2.45) is 11.8 Å². The summed E-state index contributed by atoms with van der Waals surface area (Å²) in [7, 11) is 0. The van der Waals surface area contributed by atoms with Crippen molar-refractivity contribution in [1.82, 2.24) is 5.32 Å². The summed E-state index contributed by atoms with van der Waals surface area (Å²) in [5.74, 6) is 2.10. The van der Waals surface area contributed by atoms with E-state index in [1.54, 1.807) is 0 Å². The van der Waals surface area contributed by atoms with Crippen molar-refractivity contribution in [2.75, 3.05) is 13.1 Å². The van der Waals surface area contributed by atoms with E-state index in [0.29, 0.717) is 0 Å². The lowest BCUT2D eigenvalue weighted by atomic mass is 10.0. The normalized spacial score (nSPS) is 36.4. The molecule has 1 saturated heterocycles. The van der Waals surface area contributed by atoms with Crippen LogP contribution >= 0.6 is 0 Å². The van der Waals surface area contributed by atoms with Crippen LogP contribution in [-0.4, -0.2) is 13.1 Å². The van der Waals surface area contributed by atoms with Crippen LogP contribution in [0.2, 0.25) is 0 Å². The minimum absolute atomic E-state index is 1.05. The zero-order valence-corrected chi connectivity index (χ0v) is 6.10. The zero-order chi connectivity index (χ0) is 7.40. The summed E-state index contributed by atoms with van der Waals surface area (Å²) in [6.45, 7) is 2.60. The molecule has 10 heavy (non-hydrogen) atoms. The number of rotatable bonds is 0. The maximum Gasteiger partial charge on any atom is -0.00203 e. The molecule has 0 amide bonds. The Bertz CT molecular complexity index is 93.8. The van der Waals surface area contributed by atoms with E-state index < -0.39 is 0 Å². The Morgan fingerprint density at radius 2 is 1.60 bits per heavy atom. The van der Waals surface area contributed by atoms with E-state index in [9.17, 15) is 0 Å². The van der Waals surface area contributed by atoms with Gasteiger partial charge in [0.2, 0.25) is 0 Å². The summed E-state index contributed by atoms with van der Waals surface area (Å²) in [5, 5.41) is 3.45. The van der Waals surface area contributed by atoms with Gasteiger partial charge in [-0.3, -0.25) is 0 Å². The number of nitrogens with one attached hydrogen (secondary N) is 2. The van der Waals surface area contributed by atoms with Crippen molar-refractivity contribution in [1.29, 1.82) is 5.59 Å². The molecule has 2 rings (SSSR count). The number of piperidine rings is 1. The molecular formula is C7H14N2O. The third-order valence-electron chi connectivity index (χ3n) is 2.52. The highest BCUT2D eigenvalue weighted by Crippen LogP contribution is 2.32. The fraction of sp³-hybridized carbons (Fsp3) is 1.00. The smallest absolute Gasteiger partial charge is 0.00203 e. The molecule has 0 aromatic rings. The molecule has 1 heterocycles. The van der Waals surface area contributed by atoms with Crippen LogP contribution in [0.3, 0.4) is 0 Å². The van der Waals surface area contributed by atoms with Crippen molar-refractivity contribution < 1.29 is 0 Å². The molecule has 0 aromatic heterocycles. The molecule has 3 nitrogen and oxygen atoms in total. The van der Waals surface area contributed by atoms with Gasteiger partial charge in [-0.05, 0) is 44.2 Å². The quantitative estimate of drug-likeness (QED) is 0.501. The second-order valence-electron chi connectivity index (χ2n) is 3.20. The standard InChI is InChI=1S/C7H13N.HNO/c1-2-7-3-6(1)4-8-5-7;1-2/h6-8H,1-5H2;1H. The largest absolute Gasteiger partial charge is 0.316 e. The van der Waals surface area contributed by atoms with Crippen LogP contribution in [0.4, 0.5) is 0 Å². The van der Waals surface area contributed by atoms with E-state index in [0.717, 1.165) is 11.8 Å². The minimum Gasteiger partial charge on any atom is -0.316 e. The van der Waals surface area contributed by atoms with Gasteiger partial charge in [0, 0.05) is 0 Å². The molecular weight excluding hydrogens is 128 g/mol. The van der Waals surface area contributed by atoms with Crippen LogP contribution in [0.25, 0.3) is 0 Å². The Morgan fingerprint density at radius 1 is 1.10 bits per heavy atom. The lowest BCUT2D eigenvalue weighted by molar-refractivity contribution is 0.379. The lowest BCUT2D eigenvalue weighted by Crippen LogP contribution is -2.30. The molecule has 0 radical (unpaired) electrons. The third-order valence-corrected chi connectivity index (χ3v) is 2.52. The van der Waals surface area contributed by atoms with Crippen LogP contribution in [-0.2, 0) is 0 Å². The highest BCUT2D eigenvalue weighted by Gasteiger charge is 2.27. The summed E-state index contributed by atoms with van der Waals surface area (Å²) in [6, 6.07) is 0. The van der Waals surface area contributed by atoms with Gasteiger partial charge in [0.1, 0.15) is 0 Å². The Balaban J connectivity index is 0.000000231. The molecule has 1 saturated carbocycles. The summed E-state index contributed by atoms with van der Waals surface area (Å²) < 4.78 is 0. The van der Waals surface area contributed by atoms with Crippen molar-refractivity contribution in [3.05, 3.63) is 4.91 Å².